The first-order valence-corrected chi connectivity index (χ1v) is 9.74. The number of ether oxygens (including phenoxy) is 1. The molecule has 0 aliphatic rings. The van der Waals surface area contributed by atoms with E-state index in [1.54, 1.807) is 6.07 Å². The maximum atomic E-state index is 12.2. The molecule has 6 nitrogen and oxygen atoms in total. The number of benzene rings is 2. The van der Waals surface area contributed by atoms with E-state index in [2.05, 4.69) is 34.4 Å². The third kappa shape index (κ3) is 6.60. The Balaban J connectivity index is 1.55. The van der Waals surface area contributed by atoms with Crippen LogP contribution in [-0.4, -0.2) is 22.4 Å². The summed E-state index contributed by atoms with van der Waals surface area (Å²) in [6, 6.07) is 19.3. The van der Waals surface area contributed by atoms with Gasteiger partial charge in [-0.2, -0.15) is 0 Å². The first kappa shape index (κ1) is 20.3. The summed E-state index contributed by atoms with van der Waals surface area (Å²) in [7, 11) is 0. The number of nitrogens with one attached hydrogen (secondary N) is 2. The Labute approximate surface area is 171 Å². The van der Waals surface area contributed by atoms with E-state index in [0.717, 1.165) is 23.4 Å². The highest BCUT2D eigenvalue weighted by atomic mass is 16.5. The van der Waals surface area contributed by atoms with Crippen molar-refractivity contribution in [2.24, 2.45) is 5.92 Å². The van der Waals surface area contributed by atoms with Gasteiger partial charge in [-0.15, -0.1) is 0 Å². The first-order valence-electron chi connectivity index (χ1n) is 9.74. The Bertz CT molecular complexity index is 912. The lowest BCUT2D eigenvalue weighted by Gasteiger charge is -2.10. The molecule has 2 aromatic carbocycles. The number of rotatable bonds is 9. The van der Waals surface area contributed by atoms with E-state index in [0.29, 0.717) is 30.6 Å². The molecule has 0 radical (unpaired) electrons. The summed E-state index contributed by atoms with van der Waals surface area (Å²) in [5, 5.41) is 6.07. The molecule has 0 aliphatic carbocycles. The van der Waals surface area contributed by atoms with E-state index >= 15 is 0 Å². The predicted molar refractivity (Wildman–Crippen MR) is 114 cm³/mol. The van der Waals surface area contributed by atoms with Gasteiger partial charge in [0.2, 0.25) is 0 Å². The number of hydrogen-bond acceptors (Lipinski definition) is 5. The van der Waals surface area contributed by atoms with Gasteiger partial charge in [0.25, 0.3) is 5.91 Å². The van der Waals surface area contributed by atoms with E-state index in [1.165, 1.54) is 6.33 Å². The molecule has 0 unspecified atom stereocenters. The molecule has 0 fully saturated rings. The van der Waals surface area contributed by atoms with E-state index in [-0.39, 0.29) is 5.91 Å². The fourth-order valence-corrected chi connectivity index (χ4v) is 2.64. The zero-order valence-corrected chi connectivity index (χ0v) is 16.8. The molecule has 1 aromatic heterocycles. The average molecular weight is 390 g/mol. The van der Waals surface area contributed by atoms with Crippen LogP contribution in [-0.2, 0) is 6.61 Å². The minimum atomic E-state index is -0.194. The highest BCUT2D eigenvalue weighted by molar-refractivity contribution is 5.92. The Morgan fingerprint density at radius 2 is 1.79 bits per heavy atom. The van der Waals surface area contributed by atoms with Gasteiger partial charge in [0.1, 0.15) is 30.2 Å². The summed E-state index contributed by atoms with van der Waals surface area (Å²) < 4.78 is 5.80. The summed E-state index contributed by atoms with van der Waals surface area (Å²) in [5.41, 5.74) is 2.31. The lowest BCUT2D eigenvalue weighted by Crippen LogP contribution is -2.26. The third-order valence-corrected chi connectivity index (χ3v) is 4.28. The minimum absolute atomic E-state index is 0.194. The standard InChI is InChI=1S/C23H26N4O2/c1-17(2)12-13-24-23(28)21-14-22(26-16-25-21)27-19-8-10-20(11-9-19)29-15-18-6-4-3-5-7-18/h3-11,14,16-17H,12-13,15H2,1-2H3,(H,24,28)(H,25,26,27). The van der Waals surface area contributed by atoms with Crippen molar-refractivity contribution in [3.63, 3.8) is 0 Å². The monoisotopic (exact) mass is 390 g/mol. The summed E-state index contributed by atoms with van der Waals surface area (Å²) in [4.78, 5) is 20.5. The van der Waals surface area contributed by atoms with Crippen molar-refractivity contribution >= 4 is 17.4 Å². The first-order chi connectivity index (χ1) is 14.1. The van der Waals surface area contributed by atoms with Crippen LogP contribution in [0.2, 0.25) is 0 Å². The number of anilines is 2. The van der Waals surface area contributed by atoms with Gasteiger partial charge in [0, 0.05) is 18.3 Å². The van der Waals surface area contributed by atoms with Crippen LogP contribution in [0.15, 0.2) is 67.0 Å². The number of aromatic nitrogens is 2. The molecule has 0 atom stereocenters. The maximum absolute atomic E-state index is 12.2. The van der Waals surface area contributed by atoms with Crippen LogP contribution in [0.25, 0.3) is 0 Å². The van der Waals surface area contributed by atoms with Crippen molar-refractivity contribution in [3.8, 4) is 5.75 Å². The number of carbonyl (C=O) groups is 1. The molecule has 29 heavy (non-hydrogen) atoms. The second-order valence-electron chi connectivity index (χ2n) is 7.15. The third-order valence-electron chi connectivity index (χ3n) is 4.28. The number of nitrogens with zero attached hydrogens (tertiary/aromatic N) is 2. The van der Waals surface area contributed by atoms with Crippen LogP contribution in [0.1, 0.15) is 36.3 Å². The highest BCUT2D eigenvalue weighted by Crippen LogP contribution is 2.20. The number of amides is 1. The topological polar surface area (TPSA) is 76.1 Å². The van der Waals surface area contributed by atoms with Crippen molar-refractivity contribution in [1.82, 2.24) is 15.3 Å². The van der Waals surface area contributed by atoms with Crippen molar-refractivity contribution in [3.05, 3.63) is 78.2 Å². The fraction of sp³-hybridized carbons (Fsp3) is 0.261. The van der Waals surface area contributed by atoms with E-state index in [9.17, 15) is 4.79 Å². The van der Waals surface area contributed by atoms with Gasteiger partial charge in [-0.25, -0.2) is 9.97 Å². The number of hydrogen-bond donors (Lipinski definition) is 2. The Morgan fingerprint density at radius 3 is 2.52 bits per heavy atom. The molecular formula is C23H26N4O2. The van der Waals surface area contributed by atoms with Crippen LogP contribution < -0.4 is 15.4 Å². The smallest absolute Gasteiger partial charge is 0.270 e. The van der Waals surface area contributed by atoms with Crippen molar-refractivity contribution < 1.29 is 9.53 Å². The van der Waals surface area contributed by atoms with Crippen LogP contribution in [0.5, 0.6) is 5.75 Å². The van der Waals surface area contributed by atoms with Gasteiger partial charge in [-0.1, -0.05) is 44.2 Å². The van der Waals surface area contributed by atoms with Crippen LogP contribution in [0.4, 0.5) is 11.5 Å². The lowest BCUT2D eigenvalue weighted by atomic mass is 10.1. The van der Waals surface area contributed by atoms with Gasteiger partial charge in [0.15, 0.2) is 0 Å². The molecule has 0 saturated carbocycles. The zero-order valence-electron chi connectivity index (χ0n) is 16.8. The van der Waals surface area contributed by atoms with Gasteiger partial charge < -0.3 is 15.4 Å². The molecule has 3 rings (SSSR count). The molecule has 2 N–H and O–H groups in total. The molecule has 6 heteroatoms. The second-order valence-corrected chi connectivity index (χ2v) is 7.15. The van der Waals surface area contributed by atoms with Gasteiger partial charge in [-0.3, -0.25) is 4.79 Å². The van der Waals surface area contributed by atoms with E-state index < -0.39 is 0 Å². The Morgan fingerprint density at radius 1 is 1.03 bits per heavy atom. The molecule has 0 aliphatic heterocycles. The van der Waals surface area contributed by atoms with Crippen LogP contribution >= 0.6 is 0 Å². The Kier molecular flexibility index (Phi) is 7.16. The second kappa shape index (κ2) is 10.2. The molecular weight excluding hydrogens is 364 g/mol. The molecule has 1 heterocycles. The van der Waals surface area contributed by atoms with Gasteiger partial charge in [-0.05, 0) is 42.2 Å². The van der Waals surface area contributed by atoms with Gasteiger partial charge in [0.05, 0.1) is 0 Å². The summed E-state index contributed by atoms with van der Waals surface area (Å²) in [5.74, 6) is 1.69. The molecule has 0 bridgehead atoms. The van der Waals surface area contributed by atoms with Crippen molar-refractivity contribution in [1.29, 1.82) is 0 Å². The quantitative estimate of drug-likeness (QED) is 0.559. The SMILES string of the molecule is CC(C)CCNC(=O)c1cc(Nc2ccc(OCc3ccccc3)cc2)ncn1. The molecule has 0 saturated heterocycles. The van der Waals surface area contributed by atoms with E-state index in [4.69, 9.17) is 4.74 Å². The summed E-state index contributed by atoms with van der Waals surface area (Å²) in [6.07, 6.45) is 2.32. The fourth-order valence-electron chi connectivity index (χ4n) is 2.64. The number of carbonyl (C=O) groups excluding carboxylic acids is 1. The lowest BCUT2D eigenvalue weighted by molar-refractivity contribution is 0.0947. The Hall–Kier alpha value is -3.41. The van der Waals surface area contributed by atoms with Crippen LogP contribution in [0, 0.1) is 5.92 Å². The zero-order chi connectivity index (χ0) is 20.5. The normalized spacial score (nSPS) is 10.6. The average Bonchev–Trinajstić information content (AvgIpc) is 2.74. The highest BCUT2D eigenvalue weighted by Gasteiger charge is 2.09. The summed E-state index contributed by atoms with van der Waals surface area (Å²) >= 11 is 0. The van der Waals surface area contributed by atoms with E-state index in [1.807, 2.05) is 54.6 Å². The minimum Gasteiger partial charge on any atom is -0.489 e. The van der Waals surface area contributed by atoms with Gasteiger partial charge >= 0.3 is 0 Å². The predicted octanol–water partition coefficient (Wildman–Crippen LogP) is 4.58. The summed E-state index contributed by atoms with van der Waals surface area (Å²) in [6.45, 7) is 5.40. The maximum Gasteiger partial charge on any atom is 0.270 e. The molecule has 0 spiro atoms. The van der Waals surface area contributed by atoms with Crippen LogP contribution in [0.3, 0.4) is 0 Å². The van der Waals surface area contributed by atoms with Crippen molar-refractivity contribution in [2.45, 2.75) is 26.9 Å². The molecule has 1 amide bonds. The molecule has 150 valence electrons. The molecule has 3 aromatic rings. The largest absolute Gasteiger partial charge is 0.489 e. The van der Waals surface area contributed by atoms with Crippen molar-refractivity contribution in [2.75, 3.05) is 11.9 Å².